The Labute approximate surface area is 127 Å². The Morgan fingerprint density at radius 3 is 2.48 bits per heavy atom. The van der Waals surface area contributed by atoms with Crippen LogP contribution >= 0.6 is 0 Å². The molecule has 0 aromatic heterocycles. The van der Waals surface area contributed by atoms with Gasteiger partial charge in [0.2, 0.25) is 5.91 Å². The minimum Gasteiger partial charge on any atom is -0.480 e. The SMILES string of the molecule is CC(C)CN1CC[C@@H](C(=O)N(CCN(C)C)CC(=O)O)C1. The number of carboxylic acid groups (broad SMARTS) is 1. The van der Waals surface area contributed by atoms with E-state index >= 15 is 0 Å². The Morgan fingerprint density at radius 1 is 1.29 bits per heavy atom. The van der Waals surface area contributed by atoms with Crippen molar-refractivity contribution in [2.45, 2.75) is 20.3 Å². The number of likely N-dealkylation sites (tertiary alicyclic amines) is 1. The van der Waals surface area contributed by atoms with Crippen molar-refractivity contribution in [2.75, 3.05) is 53.4 Å². The van der Waals surface area contributed by atoms with Crippen LogP contribution in [0.2, 0.25) is 0 Å². The second-order valence-corrected chi connectivity index (χ2v) is 6.60. The Hall–Kier alpha value is -1.14. The van der Waals surface area contributed by atoms with E-state index in [2.05, 4.69) is 18.7 Å². The van der Waals surface area contributed by atoms with E-state index in [0.717, 1.165) is 26.1 Å². The smallest absolute Gasteiger partial charge is 0.323 e. The number of likely N-dealkylation sites (N-methyl/N-ethyl adjacent to an activating group) is 1. The monoisotopic (exact) mass is 299 g/mol. The fraction of sp³-hybridized carbons (Fsp3) is 0.867. The van der Waals surface area contributed by atoms with E-state index in [1.807, 2.05) is 19.0 Å². The van der Waals surface area contributed by atoms with Crippen LogP contribution in [0.15, 0.2) is 0 Å². The zero-order valence-corrected chi connectivity index (χ0v) is 13.7. The lowest BCUT2D eigenvalue weighted by atomic mass is 10.1. The maximum absolute atomic E-state index is 12.5. The molecule has 1 aliphatic rings. The molecule has 1 amide bonds. The fourth-order valence-electron chi connectivity index (χ4n) is 2.73. The summed E-state index contributed by atoms with van der Waals surface area (Å²) < 4.78 is 0. The third-order valence-corrected chi connectivity index (χ3v) is 3.70. The molecule has 0 aliphatic carbocycles. The summed E-state index contributed by atoms with van der Waals surface area (Å²) in [6.07, 6.45) is 0.837. The molecule has 1 saturated heterocycles. The third kappa shape index (κ3) is 6.44. The summed E-state index contributed by atoms with van der Waals surface area (Å²) in [4.78, 5) is 29.3. The van der Waals surface area contributed by atoms with Crippen LogP contribution in [0.3, 0.4) is 0 Å². The topological polar surface area (TPSA) is 64.1 Å². The van der Waals surface area contributed by atoms with Crippen molar-refractivity contribution in [3.63, 3.8) is 0 Å². The molecule has 1 heterocycles. The number of hydrogen-bond acceptors (Lipinski definition) is 4. The molecule has 0 unspecified atom stereocenters. The van der Waals surface area contributed by atoms with E-state index in [-0.39, 0.29) is 18.4 Å². The van der Waals surface area contributed by atoms with Gasteiger partial charge in [-0.3, -0.25) is 9.59 Å². The molecule has 1 atom stereocenters. The lowest BCUT2D eigenvalue weighted by Crippen LogP contribution is -2.43. The summed E-state index contributed by atoms with van der Waals surface area (Å²) in [5, 5.41) is 8.99. The van der Waals surface area contributed by atoms with E-state index in [0.29, 0.717) is 19.0 Å². The minimum absolute atomic E-state index is 0.00879. The molecule has 6 nitrogen and oxygen atoms in total. The first-order valence-corrected chi connectivity index (χ1v) is 7.67. The number of rotatable bonds is 8. The predicted molar refractivity (Wildman–Crippen MR) is 82.2 cm³/mol. The van der Waals surface area contributed by atoms with Crippen LogP contribution in [0, 0.1) is 11.8 Å². The highest BCUT2D eigenvalue weighted by Gasteiger charge is 2.32. The number of nitrogens with zero attached hydrogens (tertiary/aromatic N) is 3. The molecule has 0 saturated carbocycles. The first kappa shape index (κ1) is 17.9. The maximum Gasteiger partial charge on any atom is 0.323 e. The quantitative estimate of drug-likeness (QED) is 0.704. The minimum atomic E-state index is -0.945. The van der Waals surface area contributed by atoms with E-state index in [1.165, 1.54) is 4.90 Å². The molecule has 1 N–H and O–H groups in total. The highest BCUT2D eigenvalue weighted by atomic mass is 16.4. The Bertz CT molecular complexity index is 358. The number of carbonyl (C=O) groups is 2. The highest BCUT2D eigenvalue weighted by Crippen LogP contribution is 2.19. The van der Waals surface area contributed by atoms with Gasteiger partial charge in [0.1, 0.15) is 6.54 Å². The molecule has 1 rings (SSSR count). The average Bonchev–Trinajstić information content (AvgIpc) is 2.80. The molecule has 1 aliphatic heterocycles. The summed E-state index contributed by atoms with van der Waals surface area (Å²) in [6.45, 7) is 7.98. The standard InChI is InChI=1S/C15H29N3O3/c1-12(2)9-17-6-5-13(10-17)15(21)18(11-14(19)20)8-7-16(3)4/h12-13H,5-11H2,1-4H3,(H,19,20)/t13-/m1/s1. The van der Waals surface area contributed by atoms with Gasteiger partial charge in [-0.15, -0.1) is 0 Å². The van der Waals surface area contributed by atoms with Crippen LogP contribution in [-0.2, 0) is 9.59 Å². The molecule has 0 aromatic rings. The van der Waals surface area contributed by atoms with E-state index in [1.54, 1.807) is 0 Å². The van der Waals surface area contributed by atoms with Gasteiger partial charge in [-0.1, -0.05) is 13.8 Å². The number of carbonyl (C=O) groups excluding carboxylic acids is 1. The van der Waals surface area contributed by atoms with Crippen molar-refractivity contribution in [3.05, 3.63) is 0 Å². The molecule has 0 spiro atoms. The molecular weight excluding hydrogens is 270 g/mol. The molecule has 0 aromatic carbocycles. The summed E-state index contributed by atoms with van der Waals surface area (Å²) in [7, 11) is 3.84. The highest BCUT2D eigenvalue weighted by molar-refractivity contribution is 5.83. The zero-order valence-electron chi connectivity index (χ0n) is 13.7. The molecule has 21 heavy (non-hydrogen) atoms. The second-order valence-electron chi connectivity index (χ2n) is 6.60. The molecule has 122 valence electrons. The van der Waals surface area contributed by atoms with Crippen LogP contribution in [0.25, 0.3) is 0 Å². The van der Waals surface area contributed by atoms with Gasteiger partial charge < -0.3 is 19.8 Å². The number of hydrogen-bond donors (Lipinski definition) is 1. The lowest BCUT2D eigenvalue weighted by molar-refractivity contribution is -0.146. The molecule has 1 fully saturated rings. The van der Waals surface area contributed by atoms with Crippen molar-refractivity contribution < 1.29 is 14.7 Å². The first-order chi connectivity index (χ1) is 9.79. The summed E-state index contributed by atoms with van der Waals surface area (Å²) in [5.41, 5.74) is 0. The number of aliphatic carboxylic acids is 1. The van der Waals surface area contributed by atoms with Gasteiger partial charge >= 0.3 is 5.97 Å². The first-order valence-electron chi connectivity index (χ1n) is 7.67. The van der Waals surface area contributed by atoms with Crippen molar-refractivity contribution >= 4 is 11.9 Å². The van der Waals surface area contributed by atoms with Gasteiger partial charge in [-0.2, -0.15) is 0 Å². The van der Waals surface area contributed by atoms with Gasteiger partial charge in [0.05, 0.1) is 5.92 Å². The normalized spacial score (nSPS) is 19.4. The second kappa shape index (κ2) is 8.34. The number of amides is 1. The average molecular weight is 299 g/mol. The molecule has 0 radical (unpaired) electrons. The van der Waals surface area contributed by atoms with Crippen LogP contribution in [-0.4, -0.2) is 85.0 Å². The van der Waals surface area contributed by atoms with Crippen LogP contribution < -0.4 is 0 Å². The van der Waals surface area contributed by atoms with E-state index < -0.39 is 5.97 Å². The largest absolute Gasteiger partial charge is 0.480 e. The lowest BCUT2D eigenvalue weighted by Gasteiger charge is -2.26. The van der Waals surface area contributed by atoms with E-state index in [4.69, 9.17) is 5.11 Å². The Balaban J connectivity index is 2.57. The van der Waals surface area contributed by atoms with Gasteiger partial charge in [-0.05, 0) is 33.0 Å². The Morgan fingerprint density at radius 2 is 1.95 bits per heavy atom. The van der Waals surface area contributed by atoms with Crippen molar-refractivity contribution in [1.29, 1.82) is 0 Å². The third-order valence-electron chi connectivity index (χ3n) is 3.70. The van der Waals surface area contributed by atoms with Gasteiger partial charge in [0.15, 0.2) is 0 Å². The van der Waals surface area contributed by atoms with Crippen LogP contribution in [0.1, 0.15) is 20.3 Å². The zero-order chi connectivity index (χ0) is 16.0. The van der Waals surface area contributed by atoms with Gasteiger partial charge in [0.25, 0.3) is 0 Å². The predicted octanol–water partition coefficient (Wildman–Crippen LogP) is 0.439. The molecule has 6 heteroatoms. The fourth-order valence-corrected chi connectivity index (χ4v) is 2.73. The van der Waals surface area contributed by atoms with Gasteiger partial charge in [-0.25, -0.2) is 0 Å². The van der Waals surface area contributed by atoms with Crippen molar-refractivity contribution in [2.24, 2.45) is 11.8 Å². The Kier molecular flexibility index (Phi) is 7.11. The number of carboxylic acids is 1. The maximum atomic E-state index is 12.5. The van der Waals surface area contributed by atoms with Crippen molar-refractivity contribution in [1.82, 2.24) is 14.7 Å². The van der Waals surface area contributed by atoms with Crippen LogP contribution in [0.4, 0.5) is 0 Å². The summed E-state index contributed by atoms with van der Waals surface area (Å²) >= 11 is 0. The summed E-state index contributed by atoms with van der Waals surface area (Å²) in [5.74, 6) is -0.419. The van der Waals surface area contributed by atoms with Gasteiger partial charge in [0, 0.05) is 26.2 Å². The van der Waals surface area contributed by atoms with E-state index in [9.17, 15) is 9.59 Å². The van der Waals surface area contributed by atoms with Crippen molar-refractivity contribution in [3.8, 4) is 0 Å². The molecule has 0 bridgehead atoms. The summed E-state index contributed by atoms with van der Waals surface area (Å²) in [6, 6.07) is 0. The van der Waals surface area contributed by atoms with Crippen LogP contribution in [0.5, 0.6) is 0 Å². The molecular formula is C15H29N3O3.